The largest absolute Gasteiger partial charge is 0.497 e. The van der Waals surface area contributed by atoms with Gasteiger partial charge in [0.05, 0.1) is 18.7 Å². The lowest BCUT2D eigenvalue weighted by atomic mass is 9.63. The van der Waals surface area contributed by atoms with E-state index in [-0.39, 0.29) is 5.69 Å². The molecule has 0 saturated heterocycles. The molecule has 9 heteroatoms. The van der Waals surface area contributed by atoms with Crippen molar-refractivity contribution in [2.24, 2.45) is 0 Å². The number of rotatable bonds is 5. The van der Waals surface area contributed by atoms with Crippen LogP contribution in [-0.2, 0) is 14.9 Å². The van der Waals surface area contributed by atoms with Crippen molar-refractivity contribution >= 4 is 17.7 Å². The van der Waals surface area contributed by atoms with Crippen LogP contribution in [0.2, 0.25) is 0 Å². The van der Waals surface area contributed by atoms with E-state index in [0.717, 1.165) is 21.6 Å². The van der Waals surface area contributed by atoms with E-state index in [1.807, 2.05) is 49.4 Å². The molecule has 4 aromatic rings. The first kappa shape index (κ1) is 30.0. The van der Waals surface area contributed by atoms with Crippen LogP contribution in [0.3, 0.4) is 0 Å². The van der Waals surface area contributed by atoms with Gasteiger partial charge in [0.25, 0.3) is 11.9 Å². The Hall–Kier alpha value is -5.02. The maximum Gasteiger partial charge on any atom is 0.421 e. The number of carbonyl (C=O) groups excluding carboxylic acids is 2. The highest BCUT2D eigenvalue weighted by molar-refractivity contribution is 6.23. The van der Waals surface area contributed by atoms with E-state index in [0.29, 0.717) is 28.0 Å². The van der Waals surface area contributed by atoms with Crippen molar-refractivity contribution in [3.05, 3.63) is 129 Å². The van der Waals surface area contributed by atoms with Crippen molar-refractivity contribution in [3.8, 4) is 16.9 Å². The summed E-state index contributed by atoms with van der Waals surface area (Å²) in [5, 5.41) is 24.4. The predicted octanol–water partition coefficient (Wildman–Crippen LogP) is 6.71. The lowest BCUT2D eigenvalue weighted by Crippen LogP contribution is -2.51. The lowest BCUT2D eigenvalue weighted by Gasteiger charge is -2.36. The average Bonchev–Trinajstić information content (AvgIpc) is 3.44. The van der Waals surface area contributed by atoms with Gasteiger partial charge in [-0.05, 0) is 79.3 Å². The normalized spacial score (nSPS) is 22.1. The van der Waals surface area contributed by atoms with E-state index in [1.165, 1.54) is 7.11 Å². The Morgan fingerprint density at radius 3 is 2.22 bits per heavy atom. The van der Waals surface area contributed by atoms with Crippen molar-refractivity contribution in [1.29, 1.82) is 0 Å². The van der Waals surface area contributed by atoms with E-state index in [9.17, 15) is 20.0 Å². The number of fused-ring (bicyclic) bond motifs is 2. The number of hydrogen-bond donors (Lipinski definition) is 1. The van der Waals surface area contributed by atoms with Gasteiger partial charge >= 0.3 is 6.09 Å². The van der Waals surface area contributed by atoms with Gasteiger partial charge in [-0.25, -0.2) is 9.69 Å². The first-order valence-corrected chi connectivity index (χ1v) is 14.7. The molecular weight excluding hydrogens is 572 g/mol. The molecule has 0 fully saturated rings. The number of benzene rings is 4. The first-order valence-electron chi connectivity index (χ1n) is 14.7. The summed E-state index contributed by atoms with van der Waals surface area (Å²) in [5.41, 5.74) is 1.86. The molecule has 6 rings (SSSR count). The molecule has 45 heavy (non-hydrogen) atoms. The molecule has 1 heterocycles. The Bertz CT molecular complexity index is 1810. The average molecular weight is 607 g/mol. The minimum absolute atomic E-state index is 0.283. The summed E-state index contributed by atoms with van der Waals surface area (Å²) >= 11 is 0. The maximum absolute atomic E-state index is 15.2. The number of aliphatic hydroxyl groups excluding tert-OH is 1. The van der Waals surface area contributed by atoms with E-state index in [1.54, 1.807) is 69.3 Å². The molecule has 2 amide bonds. The van der Waals surface area contributed by atoms with Gasteiger partial charge in [-0.2, -0.15) is 0 Å². The SMILES string of the molecule is COc1ccc2c(c1)[C@@H](O)[C@@H]([N+](=O)[O-])[C@H]2[C@]1(c2ccc(-c3ccccc3)cc2)C(=O)N(C(=O)OC(C)(C)C)c2ccc(C)cc21. The highest BCUT2D eigenvalue weighted by Crippen LogP contribution is 2.60. The van der Waals surface area contributed by atoms with Crippen LogP contribution in [0.5, 0.6) is 5.75 Å². The molecule has 0 radical (unpaired) electrons. The van der Waals surface area contributed by atoms with Crippen molar-refractivity contribution in [2.75, 3.05) is 12.0 Å². The van der Waals surface area contributed by atoms with Gasteiger partial charge < -0.3 is 14.6 Å². The van der Waals surface area contributed by atoms with Gasteiger partial charge in [0.2, 0.25) is 0 Å². The monoisotopic (exact) mass is 606 g/mol. The van der Waals surface area contributed by atoms with Crippen LogP contribution in [0.4, 0.5) is 10.5 Å². The van der Waals surface area contributed by atoms with Crippen LogP contribution >= 0.6 is 0 Å². The summed E-state index contributed by atoms with van der Waals surface area (Å²) in [5.74, 6) is -1.45. The fourth-order valence-corrected chi connectivity index (χ4v) is 6.86. The third-order valence-corrected chi connectivity index (χ3v) is 8.70. The lowest BCUT2D eigenvalue weighted by molar-refractivity contribution is -0.538. The molecule has 0 aromatic heterocycles. The number of amides is 2. The minimum Gasteiger partial charge on any atom is -0.497 e. The molecule has 1 N–H and O–H groups in total. The minimum atomic E-state index is -1.77. The van der Waals surface area contributed by atoms with Crippen LogP contribution < -0.4 is 9.64 Å². The number of aliphatic hydroxyl groups is 1. The highest BCUT2D eigenvalue weighted by Gasteiger charge is 2.67. The summed E-state index contributed by atoms with van der Waals surface area (Å²) in [6.07, 6.45) is -2.42. The summed E-state index contributed by atoms with van der Waals surface area (Å²) in [6, 6.07) is 25.6. The van der Waals surface area contributed by atoms with Gasteiger partial charge in [-0.15, -0.1) is 0 Å². The molecule has 1 aliphatic heterocycles. The Labute approximate surface area is 261 Å². The number of carbonyl (C=O) groups is 2. The Morgan fingerprint density at radius 1 is 0.933 bits per heavy atom. The standard InChI is InChI=1S/C36H34N2O7/c1-21-11-18-29-28(19-21)36(33(40)37(29)34(41)45-35(2,3)4,24-14-12-23(13-15-24)22-9-7-6-8-10-22)30-26-17-16-25(44-5)20-27(26)32(39)31(30)38(42)43/h6-20,30-32,39H,1-5H3/t30-,31-,32+,36+/m0/s1. The van der Waals surface area contributed by atoms with E-state index in [2.05, 4.69) is 0 Å². The van der Waals surface area contributed by atoms with Gasteiger partial charge in [0.1, 0.15) is 22.9 Å². The number of aryl methyl sites for hydroxylation is 1. The molecule has 0 spiro atoms. The van der Waals surface area contributed by atoms with E-state index in [4.69, 9.17) is 9.47 Å². The third kappa shape index (κ3) is 4.75. The second-order valence-electron chi connectivity index (χ2n) is 12.6. The van der Waals surface area contributed by atoms with Crippen LogP contribution in [0.15, 0.2) is 91.0 Å². The van der Waals surface area contributed by atoms with Crippen molar-refractivity contribution in [1.82, 2.24) is 0 Å². The van der Waals surface area contributed by atoms with Gasteiger partial charge in [0.15, 0.2) is 0 Å². The van der Waals surface area contributed by atoms with Crippen LogP contribution in [0, 0.1) is 17.0 Å². The molecule has 0 saturated carbocycles. The summed E-state index contributed by atoms with van der Waals surface area (Å²) in [7, 11) is 1.47. The molecule has 230 valence electrons. The molecule has 0 unspecified atom stereocenters. The maximum atomic E-state index is 15.2. The fourth-order valence-electron chi connectivity index (χ4n) is 6.86. The van der Waals surface area contributed by atoms with E-state index >= 15 is 4.79 Å². The number of nitrogens with zero attached hydrogens (tertiary/aromatic N) is 2. The molecule has 1 aliphatic carbocycles. The Balaban J connectivity index is 1.67. The molecule has 0 bridgehead atoms. The third-order valence-electron chi connectivity index (χ3n) is 8.70. The number of ether oxygens (including phenoxy) is 2. The summed E-state index contributed by atoms with van der Waals surface area (Å²) < 4.78 is 11.1. The van der Waals surface area contributed by atoms with Gasteiger partial charge in [-0.3, -0.25) is 14.9 Å². The zero-order valence-corrected chi connectivity index (χ0v) is 25.7. The number of anilines is 1. The van der Waals surface area contributed by atoms with Gasteiger partial charge in [-0.1, -0.05) is 78.4 Å². The highest BCUT2D eigenvalue weighted by atomic mass is 16.6. The molecule has 9 nitrogen and oxygen atoms in total. The van der Waals surface area contributed by atoms with Crippen molar-refractivity contribution < 1.29 is 29.1 Å². The number of methoxy groups -OCH3 is 1. The zero-order chi connectivity index (χ0) is 32.3. The first-order chi connectivity index (χ1) is 21.4. The topological polar surface area (TPSA) is 119 Å². The Morgan fingerprint density at radius 2 is 1.60 bits per heavy atom. The molecule has 4 aromatic carbocycles. The van der Waals surface area contributed by atoms with Crippen molar-refractivity contribution in [2.45, 2.75) is 56.8 Å². The smallest absolute Gasteiger partial charge is 0.421 e. The zero-order valence-electron chi connectivity index (χ0n) is 25.7. The quantitative estimate of drug-likeness (QED) is 0.198. The second kappa shape index (κ2) is 10.9. The van der Waals surface area contributed by atoms with Crippen molar-refractivity contribution in [3.63, 3.8) is 0 Å². The summed E-state index contributed by atoms with van der Waals surface area (Å²) in [6.45, 7) is 6.97. The Kier molecular flexibility index (Phi) is 7.24. The number of nitro groups is 1. The predicted molar refractivity (Wildman–Crippen MR) is 169 cm³/mol. The van der Waals surface area contributed by atoms with Crippen LogP contribution in [0.1, 0.15) is 60.6 Å². The van der Waals surface area contributed by atoms with Gasteiger partial charge in [0, 0.05) is 4.92 Å². The molecular formula is C36H34N2O7. The van der Waals surface area contributed by atoms with Crippen LogP contribution in [-0.4, -0.2) is 40.8 Å². The van der Waals surface area contributed by atoms with E-state index < -0.39 is 46.0 Å². The second-order valence-corrected chi connectivity index (χ2v) is 12.6. The number of hydrogen-bond acceptors (Lipinski definition) is 7. The summed E-state index contributed by atoms with van der Waals surface area (Å²) in [4.78, 5) is 42.3. The van der Waals surface area contributed by atoms with Crippen LogP contribution in [0.25, 0.3) is 11.1 Å². The fraction of sp³-hybridized carbons (Fsp3) is 0.278. The molecule has 4 atom stereocenters. The molecule has 2 aliphatic rings. The number of imide groups is 1.